The minimum atomic E-state index is 0.255. The number of anilines is 2. The lowest BCUT2D eigenvalue weighted by molar-refractivity contribution is 0.178. The maximum Gasteiger partial charge on any atom is 0.134 e. The molecule has 0 amide bonds. The fourth-order valence-corrected chi connectivity index (χ4v) is 3.06. The average molecular weight is 292 g/mol. The van der Waals surface area contributed by atoms with Gasteiger partial charge in [-0.3, -0.25) is 0 Å². The highest BCUT2D eigenvalue weighted by Crippen LogP contribution is 2.29. The van der Waals surface area contributed by atoms with Gasteiger partial charge >= 0.3 is 0 Å². The number of hydrogen-bond acceptors (Lipinski definition) is 5. The Morgan fingerprint density at radius 3 is 2.67 bits per heavy atom. The molecule has 21 heavy (non-hydrogen) atoms. The van der Waals surface area contributed by atoms with Crippen LogP contribution in [0, 0.1) is 5.92 Å². The van der Waals surface area contributed by atoms with Gasteiger partial charge in [0.05, 0.1) is 0 Å². The summed E-state index contributed by atoms with van der Waals surface area (Å²) < 4.78 is 0. The largest absolute Gasteiger partial charge is 0.396 e. The van der Waals surface area contributed by atoms with Gasteiger partial charge in [0.25, 0.3) is 0 Å². The van der Waals surface area contributed by atoms with Crippen LogP contribution in [0.1, 0.15) is 51.5 Å². The molecule has 3 N–H and O–H groups in total. The molecule has 1 saturated carbocycles. The van der Waals surface area contributed by atoms with Crippen LogP contribution < -0.4 is 10.6 Å². The van der Waals surface area contributed by atoms with Gasteiger partial charge in [0, 0.05) is 30.7 Å². The minimum absolute atomic E-state index is 0.255. The van der Waals surface area contributed by atoms with Crippen LogP contribution in [0.4, 0.5) is 11.6 Å². The van der Waals surface area contributed by atoms with E-state index in [-0.39, 0.29) is 6.61 Å². The lowest BCUT2D eigenvalue weighted by Gasteiger charge is -2.32. The summed E-state index contributed by atoms with van der Waals surface area (Å²) in [4.78, 5) is 8.81. The van der Waals surface area contributed by atoms with Crippen molar-refractivity contribution in [3.63, 3.8) is 0 Å². The van der Waals surface area contributed by atoms with Crippen LogP contribution in [0.5, 0.6) is 0 Å². The normalized spacial score (nSPS) is 22.0. The SMILES string of the molecule is CCCNc1ncnc(NC2CCCCC2CO)c1CC. The summed E-state index contributed by atoms with van der Waals surface area (Å²) in [6.45, 7) is 5.45. The first-order valence-electron chi connectivity index (χ1n) is 8.25. The molecule has 0 radical (unpaired) electrons. The van der Waals surface area contributed by atoms with E-state index in [0.29, 0.717) is 12.0 Å². The monoisotopic (exact) mass is 292 g/mol. The van der Waals surface area contributed by atoms with Crippen molar-refractivity contribution in [2.45, 2.75) is 58.4 Å². The van der Waals surface area contributed by atoms with Gasteiger partial charge in [0.1, 0.15) is 18.0 Å². The van der Waals surface area contributed by atoms with E-state index in [2.05, 4.69) is 34.4 Å². The number of aliphatic hydroxyl groups is 1. The van der Waals surface area contributed by atoms with E-state index in [9.17, 15) is 5.11 Å². The summed E-state index contributed by atoms with van der Waals surface area (Å²) in [6.07, 6.45) is 8.24. The van der Waals surface area contributed by atoms with Gasteiger partial charge < -0.3 is 15.7 Å². The van der Waals surface area contributed by atoms with E-state index in [1.165, 1.54) is 12.8 Å². The molecule has 2 unspecified atom stereocenters. The van der Waals surface area contributed by atoms with Gasteiger partial charge in [-0.25, -0.2) is 9.97 Å². The van der Waals surface area contributed by atoms with Crippen LogP contribution in [0.3, 0.4) is 0 Å². The zero-order chi connectivity index (χ0) is 15.1. The van der Waals surface area contributed by atoms with Crippen LogP contribution in [0.25, 0.3) is 0 Å². The molecule has 5 heteroatoms. The van der Waals surface area contributed by atoms with Crippen molar-refractivity contribution in [3.8, 4) is 0 Å². The maximum absolute atomic E-state index is 9.55. The van der Waals surface area contributed by atoms with Gasteiger partial charge in [-0.2, -0.15) is 0 Å². The maximum atomic E-state index is 9.55. The van der Waals surface area contributed by atoms with Crippen molar-refractivity contribution in [1.82, 2.24) is 9.97 Å². The summed E-state index contributed by atoms with van der Waals surface area (Å²) in [6, 6.07) is 0.322. The minimum Gasteiger partial charge on any atom is -0.396 e. The van der Waals surface area contributed by atoms with Crippen LogP contribution in [-0.2, 0) is 6.42 Å². The Morgan fingerprint density at radius 1 is 1.19 bits per heavy atom. The highest BCUT2D eigenvalue weighted by atomic mass is 16.3. The van der Waals surface area contributed by atoms with E-state index < -0.39 is 0 Å². The Kier molecular flexibility index (Phi) is 6.23. The molecule has 1 fully saturated rings. The van der Waals surface area contributed by atoms with Crippen LogP contribution in [-0.4, -0.2) is 34.3 Å². The second-order valence-corrected chi connectivity index (χ2v) is 5.81. The second kappa shape index (κ2) is 8.17. The van der Waals surface area contributed by atoms with Gasteiger partial charge in [-0.05, 0) is 25.7 Å². The molecule has 1 aromatic rings. The zero-order valence-electron chi connectivity index (χ0n) is 13.2. The van der Waals surface area contributed by atoms with Gasteiger partial charge in [-0.1, -0.05) is 26.7 Å². The Morgan fingerprint density at radius 2 is 1.95 bits per heavy atom. The molecule has 118 valence electrons. The number of aromatic nitrogens is 2. The third kappa shape index (κ3) is 4.06. The van der Waals surface area contributed by atoms with Crippen molar-refractivity contribution < 1.29 is 5.11 Å². The Hall–Kier alpha value is -1.36. The van der Waals surface area contributed by atoms with Crippen molar-refractivity contribution in [3.05, 3.63) is 11.9 Å². The molecule has 2 atom stereocenters. The molecule has 0 aromatic carbocycles. The van der Waals surface area contributed by atoms with Gasteiger partial charge in [0.15, 0.2) is 0 Å². The number of hydrogen-bond donors (Lipinski definition) is 3. The van der Waals surface area contributed by atoms with E-state index in [1.807, 2.05) is 0 Å². The number of nitrogens with one attached hydrogen (secondary N) is 2. The van der Waals surface area contributed by atoms with Crippen molar-refractivity contribution >= 4 is 11.6 Å². The molecule has 2 rings (SSSR count). The molecule has 5 nitrogen and oxygen atoms in total. The lowest BCUT2D eigenvalue weighted by atomic mass is 9.85. The molecule has 0 spiro atoms. The summed E-state index contributed by atoms with van der Waals surface area (Å²) in [5.74, 6) is 2.20. The fraction of sp³-hybridized carbons (Fsp3) is 0.750. The first-order valence-corrected chi connectivity index (χ1v) is 8.25. The van der Waals surface area contributed by atoms with E-state index in [4.69, 9.17) is 0 Å². The van der Waals surface area contributed by atoms with Crippen LogP contribution in [0.15, 0.2) is 6.33 Å². The molecule has 1 aliphatic carbocycles. The molecule has 1 heterocycles. The quantitative estimate of drug-likeness (QED) is 0.721. The Balaban J connectivity index is 2.14. The van der Waals surface area contributed by atoms with E-state index >= 15 is 0 Å². The Bertz CT molecular complexity index is 438. The summed E-state index contributed by atoms with van der Waals surface area (Å²) in [7, 11) is 0. The molecular weight excluding hydrogens is 264 g/mol. The molecule has 1 aliphatic rings. The highest BCUT2D eigenvalue weighted by molar-refractivity contribution is 5.57. The summed E-state index contributed by atoms with van der Waals surface area (Å²) >= 11 is 0. The summed E-state index contributed by atoms with van der Waals surface area (Å²) in [5, 5.41) is 16.5. The third-order valence-corrected chi connectivity index (χ3v) is 4.31. The topological polar surface area (TPSA) is 70.1 Å². The lowest BCUT2D eigenvalue weighted by Crippen LogP contribution is -2.35. The molecule has 1 aromatic heterocycles. The fourth-order valence-electron chi connectivity index (χ4n) is 3.06. The Labute approximate surface area is 127 Å². The second-order valence-electron chi connectivity index (χ2n) is 5.81. The van der Waals surface area contributed by atoms with Crippen LogP contribution in [0.2, 0.25) is 0 Å². The standard InChI is InChI=1S/C16H28N4O/c1-3-9-17-15-13(4-2)16(19-11-18-15)20-14-8-6-5-7-12(14)10-21/h11-12,14,21H,3-10H2,1-2H3,(H2,17,18,19,20). The first-order chi connectivity index (χ1) is 10.3. The molecule has 0 saturated heterocycles. The van der Waals surface area contributed by atoms with Crippen molar-refractivity contribution in [2.24, 2.45) is 5.92 Å². The molecule has 0 bridgehead atoms. The number of rotatable bonds is 7. The highest BCUT2D eigenvalue weighted by Gasteiger charge is 2.25. The third-order valence-electron chi connectivity index (χ3n) is 4.31. The smallest absolute Gasteiger partial charge is 0.134 e. The molecule has 0 aliphatic heterocycles. The number of aliphatic hydroxyl groups excluding tert-OH is 1. The average Bonchev–Trinajstić information content (AvgIpc) is 2.53. The van der Waals surface area contributed by atoms with E-state index in [1.54, 1.807) is 6.33 Å². The zero-order valence-corrected chi connectivity index (χ0v) is 13.2. The summed E-state index contributed by atoms with van der Waals surface area (Å²) in [5.41, 5.74) is 1.15. The van der Waals surface area contributed by atoms with Gasteiger partial charge in [0.2, 0.25) is 0 Å². The predicted octanol–water partition coefficient (Wildman–Crippen LogP) is 2.82. The predicted molar refractivity (Wildman–Crippen MR) is 86.6 cm³/mol. The van der Waals surface area contributed by atoms with Crippen molar-refractivity contribution in [2.75, 3.05) is 23.8 Å². The van der Waals surface area contributed by atoms with Crippen molar-refractivity contribution in [1.29, 1.82) is 0 Å². The number of nitrogens with zero attached hydrogens (tertiary/aromatic N) is 2. The van der Waals surface area contributed by atoms with Gasteiger partial charge in [-0.15, -0.1) is 0 Å². The van der Waals surface area contributed by atoms with E-state index in [0.717, 1.165) is 49.4 Å². The van der Waals surface area contributed by atoms with Crippen LogP contribution >= 0.6 is 0 Å². The molecular formula is C16H28N4O. The first kappa shape index (κ1) is 16.0.